The molecule has 4 aromatic rings. The van der Waals surface area contributed by atoms with Gasteiger partial charge in [-0.05, 0) is 42.0 Å². The van der Waals surface area contributed by atoms with Crippen molar-refractivity contribution < 1.29 is 9.18 Å². The molecule has 2 heterocycles. The zero-order chi connectivity index (χ0) is 20.4. The number of amides is 1. The number of nitrogens with one attached hydrogen (secondary N) is 1. The Labute approximate surface area is 170 Å². The number of pyridine rings is 2. The summed E-state index contributed by atoms with van der Waals surface area (Å²) in [6, 6.07) is 16.1. The van der Waals surface area contributed by atoms with Crippen LogP contribution in [0.4, 0.5) is 10.1 Å². The Morgan fingerprint density at radius 2 is 1.93 bits per heavy atom. The second kappa shape index (κ2) is 7.85. The third-order valence-corrected chi connectivity index (χ3v) is 4.75. The lowest BCUT2D eigenvalue weighted by Gasteiger charge is -2.24. The van der Waals surface area contributed by atoms with Gasteiger partial charge in [0.15, 0.2) is 0 Å². The highest BCUT2D eigenvalue weighted by molar-refractivity contribution is 6.31. The Hall–Kier alpha value is -3.51. The molecule has 5 nitrogen and oxygen atoms in total. The molecule has 0 aliphatic carbocycles. The molecule has 0 aliphatic rings. The molecule has 0 bridgehead atoms. The highest BCUT2D eigenvalue weighted by Gasteiger charge is 2.20. The van der Waals surface area contributed by atoms with Crippen LogP contribution < -0.4 is 10.5 Å². The summed E-state index contributed by atoms with van der Waals surface area (Å²) in [6.07, 6.45) is 3.04. The van der Waals surface area contributed by atoms with Gasteiger partial charge in [-0.2, -0.15) is 0 Å². The van der Waals surface area contributed by atoms with Crippen molar-refractivity contribution in [1.82, 2.24) is 9.97 Å². The number of carbonyl (C=O) groups excluding carboxylic acids is 1. The van der Waals surface area contributed by atoms with Crippen molar-refractivity contribution in [1.29, 1.82) is 0 Å². The van der Waals surface area contributed by atoms with Crippen molar-refractivity contribution in [3.8, 4) is 0 Å². The van der Waals surface area contributed by atoms with Crippen LogP contribution in [-0.2, 0) is 6.54 Å². The molecule has 0 spiro atoms. The number of rotatable bonds is 4. The van der Waals surface area contributed by atoms with Gasteiger partial charge in [-0.3, -0.25) is 14.6 Å². The summed E-state index contributed by atoms with van der Waals surface area (Å²) >= 11 is 6.13. The summed E-state index contributed by atoms with van der Waals surface area (Å²) in [6.45, 7) is 0.0535. The Morgan fingerprint density at radius 3 is 2.69 bits per heavy atom. The van der Waals surface area contributed by atoms with Gasteiger partial charge in [0.1, 0.15) is 5.82 Å². The number of carbonyl (C=O) groups is 1. The Kier molecular flexibility index (Phi) is 5.10. The minimum absolute atomic E-state index is 0.0535. The summed E-state index contributed by atoms with van der Waals surface area (Å²) in [5.41, 5.74) is 1.11. The fourth-order valence-corrected chi connectivity index (χ4v) is 3.37. The minimum Gasteiger partial charge on any atom is -0.319 e. The van der Waals surface area contributed by atoms with E-state index in [1.807, 2.05) is 0 Å². The van der Waals surface area contributed by atoms with Gasteiger partial charge in [0, 0.05) is 34.6 Å². The van der Waals surface area contributed by atoms with E-state index >= 15 is 0 Å². The molecule has 0 saturated heterocycles. The number of para-hydroxylation sites is 1. The second-order valence-corrected chi connectivity index (χ2v) is 6.87. The first-order chi connectivity index (χ1) is 14.0. The molecule has 0 radical (unpaired) electrons. The second-order valence-electron chi connectivity index (χ2n) is 6.43. The number of fused-ring (bicyclic) bond motifs is 1. The summed E-state index contributed by atoms with van der Waals surface area (Å²) in [4.78, 5) is 33.4. The lowest BCUT2D eigenvalue weighted by molar-refractivity contribution is 0.0985. The van der Waals surface area contributed by atoms with Crippen LogP contribution in [0.25, 0.3) is 10.9 Å². The highest BCUT2D eigenvalue weighted by atomic mass is 35.5. The van der Waals surface area contributed by atoms with Gasteiger partial charge in [-0.15, -0.1) is 0 Å². The monoisotopic (exact) mass is 407 g/mol. The molecule has 144 valence electrons. The molecule has 2 aromatic carbocycles. The number of benzene rings is 2. The normalized spacial score (nSPS) is 10.8. The van der Waals surface area contributed by atoms with Crippen LogP contribution in [0.5, 0.6) is 0 Å². The Balaban J connectivity index is 1.85. The number of aromatic amines is 1. The van der Waals surface area contributed by atoms with E-state index in [4.69, 9.17) is 11.6 Å². The number of H-pyrrole nitrogens is 1. The van der Waals surface area contributed by atoms with E-state index in [9.17, 15) is 14.0 Å². The maximum atomic E-state index is 14.2. The number of hydrogen-bond donors (Lipinski definition) is 1. The van der Waals surface area contributed by atoms with Crippen LogP contribution in [-0.4, -0.2) is 15.9 Å². The van der Waals surface area contributed by atoms with Crippen LogP contribution in [0.15, 0.2) is 77.9 Å². The van der Waals surface area contributed by atoms with Crippen molar-refractivity contribution in [2.75, 3.05) is 4.90 Å². The molecule has 4 rings (SSSR count). The Bertz CT molecular complexity index is 1260. The lowest BCUT2D eigenvalue weighted by atomic mass is 10.1. The molecule has 2 aromatic heterocycles. The van der Waals surface area contributed by atoms with E-state index in [1.54, 1.807) is 54.7 Å². The first kappa shape index (κ1) is 18.8. The summed E-state index contributed by atoms with van der Waals surface area (Å²) in [5, 5.41) is 0.990. The largest absolute Gasteiger partial charge is 0.319 e. The van der Waals surface area contributed by atoms with Gasteiger partial charge in [-0.1, -0.05) is 29.8 Å². The van der Waals surface area contributed by atoms with Crippen LogP contribution in [0, 0.1) is 5.82 Å². The van der Waals surface area contributed by atoms with Gasteiger partial charge in [0.2, 0.25) is 5.56 Å². The van der Waals surface area contributed by atoms with E-state index in [0.717, 1.165) is 0 Å². The fourth-order valence-electron chi connectivity index (χ4n) is 3.18. The number of anilines is 1. The smallest absolute Gasteiger partial charge is 0.260 e. The summed E-state index contributed by atoms with van der Waals surface area (Å²) in [7, 11) is 0. The summed E-state index contributed by atoms with van der Waals surface area (Å²) in [5.74, 6) is -0.848. The van der Waals surface area contributed by atoms with Crippen molar-refractivity contribution in [3.05, 3.63) is 105 Å². The maximum Gasteiger partial charge on any atom is 0.260 e. The van der Waals surface area contributed by atoms with E-state index in [2.05, 4.69) is 9.97 Å². The first-order valence-electron chi connectivity index (χ1n) is 8.81. The molecular weight excluding hydrogens is 393 g/mol. The average molecular weight is 408 g/mol. The number of hydrogen-bond acceptors (Lipinski definition) is 3. The van der Waals surface area contributed by atoms with E-state index < -0.39 is 11.4 Å². The van der Waals surface area contributed by atoms with Crippen molar-refractivity contribution in [3.63, 3.8) is 0 Å². The lowest BCUT2D eigenvalue weighted by Crippen LogP contribution is -2.31. The van der Waals surface area contributed by atoms with Crippen molar-refractivity contribution in [2.24, 2.45) is 0 Å². The molecule has 0 unspecified atom stereocenters. The van der Waals surface area contributed by atoms with Gasteiger partial charge in [0.05, 0.1) is 17.6 Å². The van der Waals surface area contributed by atoms with E-state index in [1.165, 1.54) is 23.2 Å². The van der Waals surface area contributed by atoms with Gasteiger partial charge >= 0.3 is 0 Å². The molecular formula is C22H15ClFN3O2. The van der Waals surface area contributed by atoms with Crippen molar-refractivity contribution >= 4 is 34.1 Å². The molecule has 0 atom stereocenters. The standard InChI is InChI=1S/C22H15ClFN3O2/c23-16-5-1-6-17(11-16)27(22(29)14-4-3-9-25-12-14)13-15-10-20(28)26-21-18(15)7-2-8-19(21)24/h1-12H,13H2,(H,26,28). The van der Waals surface area contributed by atoms with E-state index in [-0.39, 0.29) is 18.0 Å². The predicted octanol–water partition coefficient (Wildman–Crippen LogP) is 4.56. The van der Waals surface area contributed by atoms with Gasteiger partial charge in [-0.25, -0.2) is 4.39 Å². The maximum absolute atomic E-state index is 14.2. The first-order valence-corrected chi connectivity index (χ1v) is 9.18. The highest BCUT2D eigenvalue weighted by Crippen LogP contribution is 2.26. The van der Waals surface area contributed by atoms with Crippen LogP contribution >= 0.6 is 11.6 Å². The SMILES string of the molecule is O=C(c1cccnc1)N(Cc1cc(=O)[nH]c2c(F)cccc12)c1cccc(Cl)c1. The zero-order valence-corrected chi connectivity index (χ0v) is 15.9. The number of nitrogens with zero attached hydrogens (tertiary/aromatic N) is 2. The van der Waals surface area contributed by atoms with E-state index in [0.29, 0.717) is 27.2 Å². The average Bonchev–Trinajstić information content (AvgIpc) is 2.73. The Morgan fingerprint density at radius 1 is 1.10 bits per heavy atom. The van der Waals surface area contributed by atoms with Gasteiger partial charge in [0.25, 0.3) is 5.91 Å². The van der Waals surface area contributed by atoms with Gasteiger partial charge < -0.3 is 9.88 Å². The number of halogens is 2. The molecule has 1 amide bonds. The third-order valence-electron chi connectivity index (χ3n) is 4.52. The van der Waals surface area contributed by atoms with Crippen molar-refractivity contribution in [2.45, 2.75) is 6.54 Å². The molecule has 7 heteroatoms. The van der Waals surface area contributed by atoms with Crippen LogP contribution in [0.2, 0.25) is 5.02 Å². The quantitative estimate of drug-likeness (QED) is 0.539. The fraction of sp³-hybridized carbons (Fsp3) is 0.0455. The zero-order valence-electron chi connectivity index (χ0n) is 15.1. The molecule has 0 saturated carbocycles. The molecule has 0 fully saturated rings. The molecule has 29 heavy (non-hydrogen) atoms. The minimum atomic E-state index is -0.533. The van der Waals surface area contributed by atoms with Crippen LogP contribution in [0.3, 0.4) is 0 Å². The predicted molar refractivity (Wildman–Crippen MR) is 111 cm³/mol. The topological polar surface area (TPSA) is 66.1 Å². The summed E-state index contributed by atoms with van der Waals surface area (Å²) < 4.78 is 14.2. The molecule has 0 aliphatic heterocycles. The third kappa shape index (κ3) is 3.88. The van der Waals surface area contributed by atoms with Crippen LogP contribution in [0.1, 0.15) is 15.9 Å². The number of aromatic nitrogens is 2. The molecule has 1 N–H and O–H groups in total.